The van der Waals surface area contributed by atoms with Crippen LogP contribution in [0.15, 0.2) is 60.2 Å². The summed E-state index contributed by atoms with van der Waals surface area (Å²) in [6.45, 7) is 4.92. The van der Waals surface area contributed by atoms with E-state index in [0.29, 0.717) is 17.7 Å². The van der Waals surface area contributed by atoms with E-state index in [2.05, 4.69) is 37.5 Å². The summed E-state index contributed by atoms with van der Waals surface area (Å²) >= 11 is 0. The third-order valence-electron chi connectivity index (χ3n) is 4.47. The number of benzene rings is 2. The first-order valence-corrected chi connectivity index (χ1v) is 10.5. The minimum absolute atomic E-state index is 0.576. The minimum atomic E-state index is -1.16. The van der Waals surface area contributed by atoms with Crippen molar-refractivity contribution in [2.24, 2.45) is 0 Å². The van der Waals surface area contributed by atoms with Crippen molar-refractivity contribution < 1.29 is 13.5 Å². The Morgan fingerprint density at radius 2 is 1.27 bits per heavy atom. The Kier molecular flexibility index (Phi) is 10.3. The van der Waals surface area contributed by atoms with Crippen molar-refractivity contribution in [3.63, 3.8) is 0 Å². The number of hydrogen-bond acceptors (Lipinski definition) is 1. The van der Waals surface area contributed by atoms with Crippen molar-refractivity contribution in [1.29, 1.82) is 0 Å². The SMILES string of the molecule is CCCCCc1ccc(C#CC(F)=C(F)C#Cc2ccc(OCCCC)cc2)cc1. The third kappa shape index (κ3) is 8.54. The molecule has 0 bridgehead atoms. The predicted molar refractivity (Wildman–Crippen MR) is 120 cm³/mol. The summed E-state index contributed by atoms with van der Waals surface area (Å²) in [5.74, 6) is 8.06. The van der Waals surface area contributed by atoms with Gasteiger partial charge in [0.15, 0.2) is 0 Å². The van der Waals surface area contributed by atoms with Crippen LogP contribution in [0.1, 0.15) is 62.6 Å². The highest BCUT2D eigenvalue weighted by atomic mass is 19.2. The van der Waals surface area contributed by atoms with Gasteiger partial charge in [-0.3, -0.25) is 0 Å². The zero-order valence-electron chi connectivity index (χ0n) is 17.7. The fourth-order valence-electron chi connectivity index (χ4n) is 2.67. The predicted octanol–water partition coefficient (Wildman–Crippen LogP) is 7.15. The molecule has 2 rings (SSSR count). The number of hydrogen-bond donors (Lipinski definition) is 0. The molecule has 0 amide bonds. The highest BCUT2D eigenvalue weighted by Crippen LogP contribution is 2.13. The Balaban J connectivity index is 1.96. The topological polar surface area (TPSA) is 9.23 Å². The van der Waals surface area contributed by atoms with E-state index in [1.807, 2.05) is 24.3 Å². The van der Waals surface area contributed by atoms with Crippen LogP contribution in [0.5, 0.6) is 5.75 Å². The fraction of sp³-hybridized carbons (Fsp3) is 0.333. The van der Waals surface area contributed by atoms with Gasteiger partial charge in [-0.15, -0.1) is 0 Å². The first-order chi connectivity index (χ1) is 14.6. The van der Waals surface area contributed by atoms with Gasteiger partial charge in [0.25, 0.3) is 0 Å². The molecule has 0 N–H and O–H groups in total. The molecule has 0 aliphatic heterocycles. The number of unbranched alkanes of at least 4 members (excludes halogenated alkanes) is 3. The van der Waals surface area contributed by atoms with E-state index in [-0.39, 0.29) is 0 Å². The summed E-state index contributed by atoms with van der Waals surface area (Å²) in [5, 5.41) is 0. The van der Waals surface area contributed by atoms with E-state index in [1.165, 1.54) is 18.4 Å². The summed E-state index contributed by atoms with van der Waals surface area (Å²) < 4.78 is 33.4. The standard InChI is InChI=1S/C27H28F2O/c1-3-5-7-8-22-9-11-23(12-10-22)15-19-26(28)27(29)20-16-24-13-17-25(18-14-24)30-21-6-4-2/h9-14,17-18H,3-8,21H2,1-2H3. The first-order valence-electron chi connectivity index (χ1n) is 10.5. The van der Waals surface area contributed by atoms with E-state index in [9.17, 15) is 8.78 Å². The quantitative estimate of drug-likeness (QED) is 0.334. The third-order valence-corrected chi connectivity index (χ3v) is 4.47. The maximum Gasteiger partial charge on any atom is 0.217 e. The van der Waals surface area contributed by atoms with E-state index in [4.69, 9.17) is 4.74 Å². The molecule has 2 aromatic rings. The normalized spacial score (nSPS) is 10.9. The number of halogens is 2. The van der Waals surface area contributed by atoms with Gasteiger partial charge in [0, 0.05) is 11.1 Å². The highest BCUT2D eigenvalue weighted by molar-refractivity contribution is 5.46. The molecule has 1 nitrogen and oxygen atoms in total. The Hall–Kier alpha value is -3.04. The molecule has 0 unspecified atom stereocenters. The molecule has 0 fully saturated rings. The van der Waals surface area contributed by atoms with Crippen molar-refractivity contribution in [3.8, 4) is 29.4 Å². The molecule has 0 atom stereocenters. The van der Waals surface area contributed by atoms with Gasteiger partial charge in [-0.2, -0.15) is 8.78 Å². The summed E-state index contributed by atoms with van der Waals surface area (Å²) in [6.07, 6.45) is 6.61. The molecule has 0 spiro atoms. The molecule has 0 saturated carbocycles. The second-order valence-electron chi connectivity index (χ2n) is 7.01. The van der Waals surface area contributed by atoms with Crippen molar-refractivity contribution >= 4 is 0 Å². The highest BCUT2D eigenvalue weighted by Gasteiger charge is 2.00. The Labute approximate surface area is 179 Å². The monoisotopic (exact) mass is 406 g/mol. The first kappa shape index (κ1) is 23.2. The van der Waals surface area contributed by atoms with Gasteiger partial charge in [0.05, 0.1) is 6.61 Å². The second kappa shape index (κ2) is 13.2. The molecule has 156 valence electrons. The summed E-state index contributed by atoms with van der Waals surface area (Å²) in [6, 6.07) is 14.6. The van der Waals surface area contributed by atoms with E-state index in [1.54, 1.807) is 24.3 Å². The van der Waals surface area contributed by atoms with Crippen LogP contribution in [0.25, 0.3) is 0 Å². The number of allylic oxidation sites excluding steroid dienone is 2. The molecule has 0 saturated heterocycles. The van der Waals surface area contributed by atoms with Crippen LogP contribution >= 0.6 is 0 Å². The largest absolute Gasteiger partial charge is 0.494 e. The number of ether oxygens (including phenoxy) is 1. The van der Waals surface area contributed by atoms with Crippen LogP contribution < -0.4 is 4.74 Å². The summed E-state index contributed by atoms with van der Waals surface area (Å²) in [5.41, 5.74) is 2.44. The molecule has 0 aliphatic carbocycles. The average Bonchev–Trinajstić information content (AvgIpc) is 2.78. The number of aryl methyl sites for hydroxylation is 1. The molecular formula is C27H28F2O. The van der Waals surface area contributed by atoms with Crippen LogP contribution in [0, 0.1) is 23.7 Å². The number of rotatable bonds is 8. The molecule has 0 radical (unpaired) electrons. The van der Waals surface area contributed by atoms with Crippen molar-refractivity contribution in [1.82, 2.24) is 0 Å². The van der Waals surface area contributed by atoms with Gasteiger partial charge >= 0.3 is 0 Å². The van der Waals surface area contributed by atoms with Crippen LogP contribution in [-0.4, -0.2) is 6.61 Å². The van der Waals surface area contributed by atoms with Crippen LogP contribution in [0.2, 0.25) is 0 Å². The summed E-state index contributed by atoms with van der Waals surface area (Å²) in [4.78, 5) is 0. The van der Waals surface area contributed by atoms with Crippen LogP contribution in [0.4, 0.5) is 8.78 Å². The van der Waals surface area contributed by atoms with Crippen LogP contribution in [0.3, 0.4) is 0 Å². The van der Waals surface area contributed by atoms with Gasteiger partial charge in [0.2, 0.25) is 11.7 Å². The van der Waals surface area contributed by atoms with Gasteiger partial charge in [-0.1, -0.05) is 57.1 Å². The maximum atomic E-state index is 13.9. The Bertz CT molecular complexity index is 853. The fourth-order valence-corrected chi connectivity index (χ4v) is 2.67. The minimum Gasteiger partial charge on any atom is -0.494 e. The van der Waals surface area contributed by atoms with Gasteiger partial charge in [0.1, 0.15) is 5.75 Å². The zero-order chi connectivity index (χ0) is 21.6. The van der Waals surface area contributed by atoms with Crippen molar-refractivity contribution in [2.45, 2.75) is 52.4 Å². The van der Waals surface area contributed by atoms with Gasteiger partial charge in [-0.05, 0) is 73.1 Å². The van der Waals surface area contributed by atoms with E-state index < -0.39 is 11.7 Å². The lowest BCUT2D eigenvalue weighted by molar-refractivity contribution is 0.309. The summed E-state index contributed by atoms with van der Waals surface area (Å²) in [7, 11) is 0. The Morgan fingerprint density at radius 3 is 1.80 bits per heavy atom. The van der Waals surface area contributed by atoms with Crippen LogP contribution in [-0.2, 0) is 6.42 Å². The zero-order valence-corrected chi connectivity index (χ0v) is 17.7. The lowest BCUT2D eigenvalue weighted by Gasteiger charge is -2.04. The molecular weight excluding hydrogens is 378 g/mol. The Morgan fingerprint density at radius 1 is 0.733 bits per heavy atom. The van der Waals surface area contributed by atoms with E-state index in [0.717, 1.165) is 31.4 Å². The second-order valence-corrected chi connectivity index (χ2v) is 7.01. The maximum absolute atomic E-state index is 13.9. The van der Waals surface area contributed by atoms with Crippen molar-refractivity contribution in [2.75, 3.05) is 6.61 Å². The van der Waals surface area contributed by atoms with E-state index >= 15 is 0 Å². The van der Waals surface area contributed by atoms with Crippen molar-refractivity contribution in [3.05, 3.63) is 76.9 Å². The molecule has 0 aromatic heterocycles. The smallest absolute Gasteiger partial charge is 0.217 e. The van der Waals surface area contributed by atoms with Gasteiger partial charge < -0.3 is 4.74 Å². The van der Waals surface area contributed by atoms with Gasteiger partial charge in [-0.25, -0.2) is 0 Å². The molecule has 3 heteroatoms. The lowest BCUT2D eigenvalue weighted by atomic mass is 10.1. The lowest BCUT2D eigenvalue weighted by Crippen LogP contribution is -1.95. The molecule has 30 heavy (non-hydrogen) atoms. The molecule has 0 aliphatic rings. The molecule has 2 aromatic carbocycles. The molecule has 0 heterocycles. The average molecular weight is 407 g/mol.